The van der Waals surface area contributed by atoms with Crippen LogP contribution in [0.15, 0.2) is 29.5 Å². The highest BCUT2D eigenvalue weighted by atomic mass is 35.5. The molecule has 25 heavy (non-hydrogen) atoms. The number of nitrogens with one attached hydrogen (secondary N) is 1. The Kier molecular flexibility index (Phi) is 4.95. The minimum atomic E-state index is -0.903. The fourth-order valence-corrected chi connectivity index (χ4v) is 2.77. The van der Waals surface area contributed by atoms with Crippen molar-refractivity contribution >= 4 is 23.5 Å². The predicted octanol–water partition coefficient (Wildman–Crippen LogP) is 1.94. The second kappa shape index (κ2) is 7.16. The number of rotatable bonds is 5. The van der Waals surface area contributed by atoms with Gasteiger partial charge < -0.3 is 14.8 Å². The normalized spacial score (nSPS) is 16.4. The Balaban J connectivity index is 2.07. The van der Waals surface area contributed by atoms with E-state index in [-0.39, 0.29) is 35.3 Å². The fraction of sp³-hybridized carbons (Fsp3) is 0.333. The number of fused-ring (bicyclic) bond motifs is 1. The van der Waals surface area contributed by atoms with Gasteiger partial charge >= 0.3 is 5.97 Å². The first kappa shape index (κ1) is 17.3. The first-order chi connectivity index (χ1) is 12.0. The van der Waals surface area contributed by atoms with Crippen LogP contribution >= 0.6 is 11.6 Å². The molecule has 1 N–H and O–H groups in total. The summed E-state index contributed by atoms with van der Waals surface area (Å²) in [5, 5.41) is 14.1. The third-order valence-corrected chi connectivity index (χ3v) is 4.02. The van der Waals surface area contributed by atoms with E-state index in [2.05, 4.69) is 20.8 Å². The molecule has 1 aliphatic rings. The smallest absolute Gasteiger partial charge is 0.338 e. The van der Waals surface area contributed by atoms with Gasteiger partial charge in [0.15, 0.2) is 0 Å². The molecule has 3 rings (SSSR count). The third-order valence-electron chi connectivity index (χ3n) is 3.73. The van der Waals surface area contributed by atoms with E-state index in [4.69, 9.17) is 21.1 Å². The van der Waals surface area contributed by atoms with Crippen molar-refractivity contribution in [2.24, 2.45) is 0 Å². The largest absolute Gasteiger partial charge is 0.460 e. The van der Waals surface area contributed by atoms with Gasteiger partial charge in [-0.15, -0.1) is 0 Å². The fourth-order valence-electron chi connectivity index (χ4n) is 2.59. The van der Waals surface area contributed by atoms with Crippen molar-refractivity contribution < 1.29 is 18.7 Å². The monoisotopic (exact) mass is 367 g/mol. The number of hydrogen-bond acceptors (Lipinski definition) is 7. The molecular formula is C15H15ClFN5O3. The molecule has 1 aromatic heterocycles. The summed E-state index contributed by atoms with van der Waals surface area (Å²) in [6.45, 7) is 1.98. The van der Waals surface area contributed by atoms with Gasteiger partial charge in [-0.25, -0.2) is 9.18 Å². The average Bonchev–Trinajstić information content (AvgIpc) is 3.04. The summed E-state index contributed by atoms with van der Waals surface area (Å²) in [5.41, 5.74) is 0.826. The highest BCUT2D eigenvalue weighted by Crippen LogP contribution is 2.37. The number of carbonyl (C=O) groups is 1. The van der Waals surface area contributed by atoms with Gasteiger partial charge in [0.1, 0.15) is 18.5 Å². The van der Waals surface area contributed by atoms with Gasteiger partial charge in [0.2, 0.25) is 5.95 Å². The minimum Gasteiger partial charge on any atom is -0.460 e. The first-order valence-corrected chi connectivity index (χ1v) is 7.78. The summed E-state index contributed by atoms with van der Waals surface area (Å²) in [6.07, 6.45) is 0. The van der Waals surface area contributed by atoms with E-state index in [0.717, 1.165) is 0 Å². The Morgan fingerprint density at radius 1 is 1.44 bits per heavy atom. The van der Waals surface area contributed by atoms with Crippen molar-refractivity contribution in [1.29, 1.82) is 0 Å². The summed E-state index contributed by atoms with van der Waals surface area (Å²) in [5.74, 6) is -0.976. The zero-order valence-electron chi connectivity index (χ0n) is 13.5. The number of hydrogen-bond donors (Lipinski definition) is 1. The number of nitrogens with zero attached hydrogens (tertiary/aromatic N) is 4. The van der Waals surface area contributed by atoms with E-state index in [1.807, 2.05) is 0 Å². The lowest BCUT2D eigenvalue weighted by molar-refractivity contribution is -0.140. The van der Waals surface area contributed by atoms with Crippen molar-refractivity contribution in [3.63, 3.8) is 0 Å². The Hall–Kier alpha value is -2.52. The lowest BCUT2D eigenvalue weighted by Gasteiger charge is -2.27. The van der Waals surface area contributed by atoms with Crippen LogP contribution in [0.1, 0.15) is 18.5 Å². The van der Waals surface area contributed by atoms with Crippen LogP contribution in [-0.2, 0) is 14.3 Å². The SMILES string of the molecule is COCCOC(=O)C1=C(C)Nc2nnnn2[C@@H]1c1cccc(Cl)c1F. The molecule has 10 heteroatoms. The van der Waals surface area contributed by atoms with Gasteiger partial charge in [-0.05, 0) is 23.4 Å². The highest BCUT2D eigenvalue weighted by molar-refractivity contribution is 6.30. The number of methoxy groups -OCH3 is 1. The maximum absolute atomic E-state index is 14.6. The standard InChI is InChI=1S/C15H15ClFN5O3/c1-8-11(14(23)25-7-6-24-2)13(22-15(18-8)19-20-21-22)9-4-3-5-10(16)12(9)17/h3-5,13H,6-7H2,1-2H3,(H,18,19,21)/t13-/m1/s1. The van der Waals surface area contributed by atoms with Gasteiger partial charge in [-0.2, -0.15) is 4.68 Å². The van der Waals surface area contributed by atoms with E-state index in [9.17, 15) is 9.18 Å². The van der Waals surface area contributed by atoms with Crippen molar-refractivity contribution in [3.05, 3.63) is 45.9 Å². The number of ether oxygens (including phenoxy) is 2. The van der Waals surface area contributed by atoms with E-state index >= 15 is 0 Å². The maximum atomic E-state index is 14.6. The Morgan fingerprint density at radius 3 is 3.00 bits per heavy atom. The molecular weight excluding hydrogens is 353 g/mol. The quantitative estimate of drug-likeness (QED) is 0.637. The highest BCUT2D eigenvalue weighted by Gasteiger charge is 2.36. The maximum Gasteiger partial charge on any atom is 0.338 e. The van der Waals surface area contributed by atoms with Crippen molar-refractivity contribution in [1.82, 2.24) is 20.2 Å². The van der Waals surface area contributed by atoms with Crippen LogP contribution in [0.2, 0.25) is 5.02 Å². The number of esters is 1. The molecule has 2 aromatic rings. The molecule has 1 aromatic carbocycles. The van der Waals surface area contributed by atoms with Crippen molar-refractivity contribution in [2.75, 3.05) is 25.6 Å². The molecule has 132 valence electrons. The number of halogens is 2. The van der Waals surface area contributed by atoms with E-state index in [1.54, 1.807) is 13.0 Å². The third kappa shape index (κ3) is 3.20. The number of aromatic nitrogens is 4. The molecule has 8 nitrogen and oxygen atoms in total. The Bertz CT molecular complexity index is 838. The lowest BCUT2D eigenvalue weighted by atomic mass is 9.95. The summed E-state index contributed by atoms with van der Waals surface area (Å²) >= 11 is 5.90. The predicted molar refractivity (Wildman–Crippen MR) is 86.5 cm³/mol. The van der Waals surface area contributed by atoms with E-state index < -0.39 is 17.8 Å². The second-order valence-electron chi connectivity index (χ2n) is 5.29. The lowest BCUT2D eigenvalue weighted by Crippen LogP contribution is -2.30. The van der Waals surface area contributed by atoms with Gasteiger partial charge in [0.05, 0.1) is 17.2 Å². The Morgan fingerprint density at radius 2 is 2.24 bits per heavy atom. The molecule has 1 atom stereocenters. The van der Waals surface area contributed by atoms with Crippen LogP contribution in [0, 0.1) is 5.82 Å². The van der Waals surface area contributed by atoms with Crippen LogP contribution in [0.4, 0.5) is 10.3 Å². The number of benzene rings is 1. The number of carbonyl (C=O) groups excluding carboxylic acids is 1. The zero-order chi connectivity index (χ0) is 18.0. The van der Waals surface area contributed by atoms with Crippen molar-refractivity contribution in [3.8, 4) is 0 Å². The first-order valence-electron chi connectivity index (χ1n) is 7.40. The molecule has 0 aliphatic carbocycles. The van der Waals surface area contributed by atoms with Gasteiger partial charge in [0, 0.05) is 18.4 Å². The number of allylic oxidation sites excluding steroid dienone is 1. The average molecular weight is 368 g/mol. The van der Waals surface area contributed by atoms with Crippen LogP contribution in [0.3, 0.4) is 0 Å². The minimum absolute atomic E-state index is 0.0598. The zero-order valence-corrected chi connectivity index (χ0v) is 14.2. The topological polar surface area (TPSA) is 91.2 Å². The molecule has 0 amide bonds. The van der Waals surface area contributed by atoms with Crippen LogP contribution in [0.25, 0.3) is 0 Å². The van der Waals surface area contributed by atoms with Crippen LogP contribution in [0.5, 0.6) is 0 Å². The molecule has 0 saturated heterocycles. The van der Waals surface area contributed by atoms with Crippen LogP contribution in [-0.4, -0.2) is 46.5 Å². The molecule has 0 unspecified atom stereocenters. The summed E-state index contributed by atoms with van der Waals surface area (Å²) < 4.78 is 26.0. The number of tetrazole rings is 1. The summed E-state index contributed by atoms with van der Waals surface area (Å²) in [7, 11) is 1.50. The molecule has 0 fully saturated rings. The van der Waals surface area contributed by atoms with Gasteiger partial charge in [-0.1, -0.05) is 28.8 Å². The van der Waals surface area contributed by atoms with Gasteiger partial charge in [0.25, 0.3) is 0 Å². The molecule has 0 radical (unpaired) electrons. The Labute approximate surface area is 147 Å². The molecule has 0 spiro atoms. The number of anilines is 1. The molecule has 1 aliphatic heterocycles. The van der Waals surface area contributed by atoms with E-state index in [1.165, 1.54) is 23.9 Å². The summed E-state index contributed by atoms with van der Waals surface area (Å²) in [4.78, 5) is 12.6. The molecule has 0 bridgehead atoms. The second-order valence-corrected chi connectivity index (χ2v) is 5.69. The van der Waals surface area contributed by atoms with Gasteiger partial charge in [-0.3, -0.25) is 0 Å². The van der Waals surface area contributed by atoms with Crippen LogP contribution < -0.4 is 5.32 Å². The van der Waals surface area contributed by atoms with E-state index in [0.29, 0.717) is 5.70 Å². The van der Waals surface area contributed by atoms with Crippen molar-refractivity contribution in [2.45, 2.75) is 13.0 Å². The molecule has 0 saturated carbocycles. The molecule has 2 heterocycles. The summed E-state index contributed by atoms with van der Waals surface area (Å²) in [6, 6.07) is 3.64.